The Balaban J connectivity index is 1.29. The minimum Gasteiger partial charge on any atom is -0.341 e. The lowest BCUT2D eigenvalue weighted by atomic mass is 9.90. The van der Waals surface area contributed by atoms with Crippen LogP contribution in [0.5, 0.6) is 0 Å². The van der Waals surface area contributed by atoms with E-state index in [1.807, 2.05) is 0 Å². The van der Waals surface area contributed by atoms with Crippen molar-refractivity contribution in [3.05, 3.63) is 22.4 Å². The highest BCUT2D eigenvalue weighted by molar-refractivity contribution is 7.07. The van der Waals surface area contributed by atoms with Crippen molar-refractivity contribution in [2.75, 3.05) is 46.3 Å². The Morgan fingerprint density at radius 3 is 2.79 bits per heavy atom. The van der Waals surface area contributed by atoms with Gasteiger partial charge in [0.1, 0.15) is 0 Å². The molecular formula is C19H29N3OS. The van der Waals surface area contributed by atoms with E-state index in [-0.39, 0.29) is 0 Å². The molecule has 1 unspecified atom stereocenters. The Kier molecular flexibility index (Phi) is 4.67. The van der Waals surface area contributed by atoms with Gasteiger partial charge in [-0.05, 0) is 80.2 Å². The van der Waals surface area contributed by atoms with E-state index in [2.05, 4.69) is 38.6 Å². The van der Waals surface area contributed by atoms with E-state index in [4.69, 9.17) is 0 Å². The molecule has 0 aromatic carbocycles. The molecule has 24 heavy (non-hydrogen) atoms. The predicted molar refractivity (Wildman–Crippen MR) is 98.1 cm³/mol. The summed E-state index contributed by atoms with van der Waals surface area (Å²) < 4.78 is 0. The molecule has 4 rings (SSSR count). The molecule has 0 N–H and O–H groups in total. The number of carbonyl (C=O) groups is 1. The van der Waals surface area contributed by atoms with Crippen LogP contribution in [-0.4, -0.2) is 66.9 Å². The number of amides is 1. The van der Waals surface area contributed by atoms with Crippen molar-refractivity contribution < 1.29 is 4.79 Å². The van der Waals surface area contributed by atoms with Gasteiger partial charge < -0.3 is 9.80 Å². The maximum atomic E-state index is 12.9. The van der Waals surface area contributed by atoms with Crippen LogP contribution in [0.1, 0.15) is 31.2 Å². The molecule has 1 aromatic heterocycles. The molecule has 1 aromatic rings. The van der Waals surface area contributed by atoms with Crippen LogP contribution in [0.3, 0.4) is 0 Å². The number of likely N-dealkylation sites (N-methyl/N-ethyl adjacent to an activating group) is 1. The second-order valence-corrected chi connectivity index (χ2v) is 8.79. The average Bonchev–Trinajstić information content (AvgIpc) is 3.13. The summed E-state index contributed by atoms with van der Waals surface area (Å²) in [6, 6.07) is 2.23. The molecule has 0 radical (unpaired) electrons. The third-order valence-electron chi connectivity index (χ3n) is 6.36. The summed E-state index contributed by atoms with van der Waals surface area (Å²) in [4.78, 5) is 20.0. The monoisotopic (exact) mass is 347 g/mol. The Bertz CT molecular complexity index is 565. The molecule has 1 aliphatic carbocycles. The number of nitrogens with zero attached hydrogens (tertiary/aromatic N) is 3. The van der Waals surface area contributed by atoms with Gasteiger partial charge >= 0.3 is 0 Å². The number of carbonyl (C=O) groups excluding carboxylic acids is 1. The molecule has 3 heterocycles. The van der Waals surface area contributed by atoms with E-state index < -0.39 is 0 Å². The molecule has 2 aliphatic heterocycles. The van der Waals surface area contributed by atoms with Gasteiger partial charge in [-0.1, -0.05) is 0 Å². The third kappa shape index (κ3) is 3.39. The molecular weight excluding hydrogens is 318 g/mol. The summed E-state index contributed by atoms with van der Waals surface area (Å²) in [6.45, 7) is 7.42. The Morgan fingerprint density at radius 1 is 1.21 bits per heavy atom. The molecule has 1 amide bonds. The average molecular weight is 348 g/mol. The van der Waals surface area contributed by atoms with Crippen LogP contribution in [0.25, 0.3) is 0 Å². The third-order valence-corrected chi connectivity index (χ3v) is 7.09. The van der Waals surface area contributed by atoms with Crippen molar-refractivity contribution >= 4 is 17.2 Å². The highest BCUT2D eigenvalue weighted by Crippen LogP contribution is 2.60. The number of hydrogen-bond donors (Lipinski definition) is 0. The van der Waals surface area contributed by atoms with Crippen LogP contribution in [0, 0.1) is 11.3 Å². The zero-order chi connectivity index (χ0) is 16.6. The standard InChI is InChI=1S/C19H29N3OS/c1-20-6-2-7-22(11-10-20)18(23)17-13-19(17)4-8-21(9-5-19)14-16-3-12-24-15-16/h3,12,15,17H,2,4-11,13-14H2,1H3. The minimum atomic E-state index is 0.323. The molecule has 1 saturated carbocycles. The first kappa shape index (κ1) is 16.6. The molecule has 2 saturated heterocycles. The van der Waals surface area contributed by atoms with Crippen LogP contribution in [0.15, 0.2) is 16.8 Å². The van der Waals surface area contributed by atoms with E-state index >= 15 is 0 Å². The fourth-order valence-corrected chi connectivity index (χ4v) is 5.19. The predicted octanol–water partition coefficient (Wildman–Crippen LogP) is 2.51. The summed E-state index contributed by atoms with van der Waals surface area (Å²) in [5.74, 6) is 0.779. The lowest BCUT2D eigenvalue weighted by Crippen LogP contribution is -2.39. The van der Waals surface area contributed by atoms with E-state index in [1.165, 1.54) is 18.4 Å². The zero-order valence-corrected chi connectivity index (χ0v) is 15.6. The van der Waals surface area contributed by atoms with Crippen LogP contribution < -0.4 is 0 Å². The Morgan fingerprint density at radius 2 is 2.04 bits per heavy atom. The summed E-state index contributed by atoms with van der Waals surface area (Å²) in [5, 5.41) is 4.42. The van der Waals surface area contributed by atoms with Gasteiger partial charge in [0.25, 0.3) is 0 Å². The fourth-order valence-electron chi connectivity index (χ4n) is 4.53. The number of piperidine rings is 1. The van der Waals surface area contributed by atoms with Crippen LogP contribution in [-0.2, 0) is 11.3 Å². The first-order valence-corrected chi connectivity index (χ1v) is 10.3. The smallest absolute Gasteiger partial charge is 0.226 e. The van der Waals surface area contributed by atoms with Gasteiger partial charge in [-0.3, -0.25) is 9.69 Å². The number of likely N-dealkylation sites (tertiary alicyclic amines) is 1. The van der Waals surface area contributed by atoms with E-state index in [9.17, 15) is 4.79 Å². The van der Waals surface area contributed by atoms with Gasteiger partial charge in [0.15, 0.2) is 0 Å². The van der Waals surface area contributed by atoms with Crippen molar-refractivity contribution in [3.8, 4) is 0 Å². The summed E-state index contributed by atoms with van der Waals surface area (Å²) in [5.41, 5.74) is 1.79. The molecule has 1 atom stereocenters. The summed E-state index contributed by atoms with van der Waals surface area (Å²) in [7, 11) is 2.16. The highest BCUT2D eigenvalue weighted by atomic mass is 32.1. The maximum absolute atomic E-state index is 12.9. The van der Waals surface area contributed by atoms with E-state index in [0.29, 0.717) is 17.2 Å². The lowest BCUT2D eigenvalue weighted by molar-refractivity contribution is -0.133. The van der Waals surface area contributed by atoms with Gasteiger partial charge in [0.2, 0.25) is 5.91 Å². The zero-order valence-electron chi connectivity index (χ0n) is 14.7. The van der Waals surface area contributed by atoms with E-state index in [1.54, 1.807) is 11.3 Å². The second-order valence-electron chi connectivity index (χ2n) is 8.01. The van der Waals surface area contributed by atoms with Crippen molar-refractivity contribution in [1.82, 2.24) is 14.7 Å². The summed E-state index contributed by atoms with van der Waals surface area (Å²) in [6.07, 6.45) is 4.68. The van der Waals surface area contributed by atoms with Crippen molar-refractivity contribution in [3.63, 3.8) is 0 Å². The molecule has 132 valence electrons. The first-order chi connectivity index (χ1) is 11.7. The lowest BCUT2D eigenvalue weighted by Gasteiger charge is -2.33. The largest absolute Gasteiger partial charge is 0.341 e. The first-order valence-electron chi connectivity index (χ1n) is 9.37. The van der Waals surface area contributed by atoms with Crippen molar-refractivity contribution in [1.29, 1.82) is 0 Å². The molecule has 5 heteroatoms. The number of rotatable bonds is 3. The number of thiophene rings is 1. The molecule has 3 aliphatic rings. The Labute approximate surface area is 149 Å². The second kappa shape index (κ2) is 6.77. The topological polar surface area (TPSA) is 26.8 Å². The highest BCUT2D eigenvalue weighted by Gasteiger charge is 2.59. The molecule has 4 nitrogen and oxygen atoms in total. The van der Waals surface area contributed by atoms with Gasteiger partial charge in [-0.2, -0.15) is 11.3 Å². The summed E-state index contributed by atoms with van der Waals surface area (Å²) >= 11 is 1.78. The molecule has 1 spiro atoms. The molecule has 3 fully saturated rings. The fraction of sp³-hybridized carbons (Fsp3) is 0.737. The van der Waals surface area contributed by atoms with Gasteiger partial charge in [0.05, 0.1) is 0 Å². The van der Waals surface area contributed by atoms with Gasteiger partial charge in [-0.25, -0.2) is 0 Å². The van der Waals surface area contributed by atoms with Crippen molar-refractivity contribution in [2.45, 2.75) is 32.2 Å². The van der Waals surface area contributed by atoms with Gasteiger partial charge in [-0.15, -0.1) is 0 Å². The van der Waals surface area contributed by atoms with Gasteiger partial charge in [0, 0.05) is 32.1 Å². The van der Waals surface area contributed by atoms with Crippen LogP contribution >= 0.6 is 11.3 Å². The van der Waals surface area contributed by atoms with Crippen LogP contribution in [0.2, 0.25) is 0 Å². The van der Waals surface area contributed by atoms with E-state index in [0.717, 1.165) is 58.7 Å². The Hall–Kier alpha value is -0.910. The molecule has 0 bridgehead atoms. The maximum Gasteiger partial charge on any atom is 0.226 e. The van der Waals surface area contributed by atoms with Crippen molar-refractivity contribution in [2.24, 2.45) is 11.3 Å². The number of hydrogen-bond acceptors (Lipinski definition) is 4. The SMILES string of the molecule is CN1CCCN(C(=O)C2CC23CCN(Cc2ccsc2)CC3)CC1. The minimum absolute atomic E-state index is 0.323. The quantitative estimate of drug-likeness (QED) is 0.841. The van der Waals surface area contributed by atoms with Crippen LogP contribution in [0.4, 0.5) is 0 Å². The normalized spacial score (nSPS) is 28.0.